The predicted molar refractivity (Wildman–Crippen MR) is 82.5 cm³/mol. The molecule has 2 bridgehead atoms. The van der Waals surface area contributed by atoms with Gasteiger partial charge in [0.1, 0.15) is 6.26 Å². The lowest BCUT2D eigenvalue weighted by atomic mass is 10.1. The number of nitrogens with zero attached hydrogens (tertiary/aromatic N) is 2. The summed E-state index contributed by atoms with van der Waals surface area (Å²) in [4.78, 5) is 18.3. The van der Waals surface area contributed by atoms with Crippen LogP contribution in [-0.4, -0.2) is 47.9 Å². The SMILES string of the molecule is O=C(c1cc(-c2cccs2)co1)N1CCN2CCC1CC2. The van der Waals surface area contributed by atoms with E-state index < -0.39 is 0 Å². The first-order chi connectivity index (χ1) is 10.3. The molecule has 21 heavy (non-hydrogen) atoms. The Bertz CT molecular complexity index is 627. The molecule has 3 saturated heterocycles. The smallest absolute Gasteiger partial charge is 0.289 e. The van der Waals surface area contributed by atoms with Crippen LogP contribution in [0.1, 0.15) is 23.4 Å². The molecule has 0 radical (unpaired) electrons. The highest BCUT2D eigenvalue weighted by Gasteiger charge is 2.33. The Morgan fingerprint density at radius 2 is 2.10 bits per heavy atom. The highest BCUT2D eigenvalue weighted by molar-refractivity contribution is 7.13. The minimum absolute atomic E-state index is 0.0477. The van der Waals surface area contributed by atoms with Gasteiger partial charge in [-0.3, -0.25) is 4.79 Å². The maximum absolute atomic E-state index is 12.7. The van der Waals surface area contributed by atoms with Crippen LogP contribution in [0.15, 0.2) is 34.3 Å². The largest absolute Gasteiger partial charge is 0.458 e. The van der Waals surface area contributed by atoms with Gasteiger partial charge in [-0.05, 0) is 30.4 Å². The Balaban J connectivity index is 1.57. The fourth-order valence-electron chi connectivity index (χ4n) is 3.32. The van der Waals surface area contributed by atoms with Gasteiger partial charge in [0, 0.05) is 42.7 Å². The van der Waals surface area contributed by atoms with Crippen molar-refractivity contribution in [1.29, 1.82) is 0 Å². The third kappa shape index (κ3) is 2.40. The number of hydrogen-bond donors (Lipinski definition) is 0. The van der Waals surface area contributed by atoms with Gasteiger partial charge in [0.05, 0.1) is 0 Å². The van der Waals surface area contributed by atoms with Gasteiger partial charge >= 0.3 is 0 Å². The van der Waals surface area contributed by atoms with Crippen molar-refractivity contribution in [2.75, 3.05) is 26.2 Å². The molecule has 5 heterocycles. The monoisotopic (exact) mass is 302 g/mol. The molecule has 5 heteroatoms. The second-order valence-electron chi connectivity index (χ2n) is 5.75. The van der Waals surface area contributed by atoms with Gasteiger partial charge < -0.3 is 14.2 Å². The third-order valence-electron chi connectivity index (χ3n) is 4.53. The molecular formula is C16H18N2O2S. The van der Waals surface area contributed by atoms with E-state index in [0.29, 0.717) is 11.8 Å². The van der Waals surface area contributed by atoms with Crippen molar-refractivity contribution in [2.45, 2.75) is 18.9 Å². The zero-order chi connectivity index (χ0) is 14.2. The molecule has 0 aliphatic carbocycles. The quantitative estimate of drug-likeness (QED) is 0.856. The molecule has 3 fully saturated rings. The van der Waals surface area contributed by atoms with E-state index in [1.54, 1.807) is 17.6 Å². The summed E-state index contributed by atoms with van der Waals surface area (Å²) in [6.07, 6.45) is 3.87. The Labute approximate surface area is 128 Å². The van der Waals surface area contributed by atoms with Crippen LogP contribution in [0.5, 0.6) is 0 Å². The molecule has 0 atom stereocenters. The molecule has 0 N–H and O–H groups in total. The molecule has 3 aliphatic heterocycles. The highest BCUT2D eigenvalue weighted by atomic mass is 32.1. The van der Waals surface area contributed by atoms with Crippen LogP contribution in [0.3, 0.4) is 0 Å². The van der Waals surface area contributed by atoms with Crippen molar-refractivity contribution in [3.05, 3.63) is 35.6 Å². The molecular weight excluding hydrogens is 284 g/mol. The summed E-state index contributed by atoms with van der Waals surface area (Å²) in [7, 11) is 0. The number of carbonyl (C=O) groups is 1. The maximum Gasteiger partial charge on any atom is 0.289 e. The number of furan rings is 1. The molecule has 4 nitrogen and oxygen atoms in total. The summed E-state index contributed by atoms with van der Waals surface area (Å²) in [5.41, 5.74) is 0.997. The zero-order valence-corrected chi connectivity index (χ0v) is 12.6. The Hall–Kier alpha value is -1.59. The zero-order valence-electron chi connectivity index (χ0n) is 11.8. The van der Waals surface area contributed by atoms with Gasteiger partial charge in [0.15, 0.2) is 5.76 Å². The highest BCUT2D eigenvalue weighted by Crippen LogP contribution is 2.28. The van der Waals surface area contributed by atoms with E-state index in [-0.39, 0.29) is 5.91 Å². The number of carbonyl (C=O) groups excluding carboxylic acids is 1. The molecule has 110 valence electrons. The first kappa shape index (κ1) is 13.1. The number of amides is 1. The molecule has 5 rings (SSSR count). The summed E-state index contributed by atoms with van der Waals surface area (Å²) in [5, 5.41) is 2.03. The fraction of sp³-hybridized carbons (Fsp3) is 0.438. The fourth-order valence-corrected chi connectivity index (χ4v) is 4.02. The van der Waals surface area contributed by atoms with Gasteiger partial charge in [-0.1, -0.05) is 6.07 Å². The van der Waals surface area contributed by atoms with Crippen LogP contribution >= 0.6 is 11.3 Å². The Kier molecular flexibility index (Phi) is 3.31. The van der Waals surface area contributed by atoms with Crippen molar-refractivity contribution in [2.24, 2.45) is 0 Å². The van der Waals surface area contributed by atoms with Gasteiger partial charge in [-0.2, -0.15) is 0 Å². The second kappa shape index (κ2) is 5.31. The van der Waals surface area contributed by atoms with Crippen LogP contribution in [0, 0.1) is 0 Å². The summed E-state index contributed by atoms with van der Waals surface area (Å²) in [6.45, 7) is 4.04. The maximum atomic E-state index is 12.7. The number of rotatable bonds is 2. The van der Waals surface area contributed by atoms with Crippen LogP contribution < -0.4 is 0 Å². The van der Waals surface area contributed by atoms with E-state index in [1.165, 1.54) is 0 Å². The van der Waals surface area contributed by atoms with Gasteiger partial charge in [0.2, 0.25) is 0 Å². The second-order valence-corrected chi connectivity index (χ2v) is 6.70. The molecule has 0 aromatic carbocycles. The number of piperidine rings is 1. The van der Waals surface area contributed by atoms with E-state index in [2.05, 4.69) is 4.90 Å². The average Bonchev–Trinajstić information content (AvgIpc) is 3.12. The first-order valence-corrected chi connectivity index (χ1v) is 8.35. The Morgan fingerprint density at radius 3 is 2.86 bits per heavy atom. The van der Waals surface area contributed by atoms with Crippen LogP contribution in [0.2, 0.25) is 0 Å². The van der Waals surface area contributed by atoms with Crippen molar-refractivity contribution in [3.8, 4) is 10.4 Å². The molecule has 2 aromatic heterocycles. The number of hydrogen-bond acceptors (Lipinski definition) is 4. The molecule has 0 saturated carbocycles. The van der Waals surface area contributed by atoms with Gasteiger partial charge in [0.25, 0.3) is 5.91 Å². The van der Waals surface area contributed by atoms with Crippen molar-refractivity contribution in [1.82, 2.24) is 9.80 Å². The third-order valence-corrected chi connectivity index (χ3v) is 5.45. The topological polar surface area (TPSA) is 36.7 Å². The van der Waals surface area contributed by atoms with E-state index in [9.17, 15) is 4.79 Å². The molecule has 1 amide bonds. The van der Waals surface area contributed by atoms with Crippen molar-refractivity contribution < 1.29 is 9.21 Å². The summed E-state index contributed by atoms with van der Waals surface area (Å²) < 4.78 is 5.55. The van der Waals surface area contributed by atoms with E-state index >= 15 is 0 Å². The standard InChI is InChI=1S/C16H18N2O2S/c19-16(18-8-7-17-5-3-13(18)4-6-17)14-10-12(11-20-14)15-2-1-9-21-15/h1-2,9-11,13H,3-8H2. The number of fused-ring (bicyclic) bond motifs is 4. The van der Waals surface area contributed by atoms with E-state index in [0.717, 1.165) is 49.5 Å². The minimum atomic E-state index is 0.0477. The molecule has 0 unspecified atom stereocenters. The predicted octanol–water partition coefficient (Wildman–Crippen LogP) is 2.93. The average molecular weight is 302 g/mol. The van der Waals surface area contributed by atoms with E-state index in [1.807, 2.05) is 28.5 Å². The van der Waals surface area contributed by atoms with E-state index in [4.69, 9.17) is 4.42 Å². The van der Waals surface area contributed by atoms with Crippen molar-refractivity contribution >= 4 is 17.2 Å². The first-order valence-electron chi connectivity index (χ1n) is 7.47. The van der Waals surface area contributed by atoms with Crippen LogP contribution in [-0.2, 0) is 0 Å². The summed E-state index contributed by atoms with van der Waals surface area (Å²) in [6, 6.07) is 6.32. The molecule has 2 aromatic rings. The van der Waals surface area contributed by atoms with Crippen molar-refractivity contribution in [3.63, 3.8) is 0 Å². The van der Waals surface area contributed by atoms with Gasteiger partial charge in [-0.15, -0.1) is 11.3 Å². The summed E-state index contributed by atoms with van der Waals surface area (Å²) >= 11 is 1.66. The number of thiophene rings is 1. The lowest BCUT2D eigenvalue weighted by Crippen LogP contribution is -2.41. The minimum Gasteiger partial charge on any atom is -0.458 e. The van der Waals surface area contributed by atoms with Crippen LogP contribution in [0.25, 0.3) is 10.4 Å². The summed E-state index contributed by atoms with van der Waals surface area (Å²) in [5.74, 6) is 0.519. The lowest BCUT2D eigenvalue weighted by Gasteiger charge is -2.30. The van der Waals surface area contributed by atoms with Crippen LogP contribution in [0.4, 0.5) is 0 Å². The lowest BCUT2D eigenvalue weighted by molar-refractivity contribution is 0.0652. The Morgan fingerprint density at radius 1 is 1.24 bits per heavy atom. The molecule has 0 spiro atoms. The van der Waals surface area contributed by atoms with Gasteiger partial charge in [-0.25, -0.2) is 0 Å². The molecule has 3 aliphatic rings. The normalized spacial score (nSPS) is 25.0.